The van der Waals surface area contributed by atoms with Crippen LogP contribution in [-0.2, 0) is 11.2 Å². The molecule has 1 amide bonds. The summed E-state index contributed by atoms with van der Waals surface area (Å²) in [6, 6.07) is 10.6. The summed E-state index contributed by atoms with van der Waals surface area (Å²) in [5, 5.41) is 12.8. The van der Waals surface area contributed by atoms with Gasteiger partial charge in [-0.15, -0.1) is 0 Å². The number of nitrogens with one attached hydrogen (secondary N) is 1. The molecule has 0 unspecified atom stereocenters. The van der Waals surface area contributed by atoms with Gasteiger partial charge in [0.15, 0.2) is 0 Å². The topological polar surface area (TPSA) is 49.3 Å². The normalized spacial score (nSPS) is 27.7. The molecular formula is C18H25NO2. The van der Waals surface area contributed by atoms with E-state index in [0.717, 1.165) is 51.4 Å². The highest BCUT2D eigenvalue weighted by Gasteiger charge is 2.44. The number of rotatable bonds is 4. The molecule has 0 heterocycles. The number of benzene rings is 1. The maximum atomic E-state index is 12.7. The average Bonchev–Trinajstić information content (AvgIpc) is 2.46. The monoisotopic (exact) mass is 287 g/mol. The van der Waals surface area contributed by atoms with Gasteiger partial charge < -0.3 is 10.4 Å². The fourth-order valence-corrected chi connectivity index (χ4v) is 3.63. The Morgan fingerprint density at radius 3 is 2.38 bits per heavy atom. The van der Waals surface area contributed by atoms with Gasteiger partial charge >= 0.3 is 0 Å². The van der Waals surface area contributed by atoms with E-state index in [1.165, 1.54) is 5.56 Å². The zero-order valence-corrected chi connectivity index (χ0v) is 12.6. The van der Waals surface area contributed by atoms with Gasteiger partial charge in [-0.3, -0.25) is 4.79 Å². The van der Waals surface area contributed by atoms with E-state index in [0.29, 0.717) is 0 Å². The molecular weight excluding hydrogens is 262 g/mol. The Kier molecular flexibility index (Phi) is 4.29. The van der Waals surface area contributed by atoms with Crippen molar-refractivity contribution in [3.05, 3.63) is 35.9 Å². The minimum Gasteiger partial charge on any atom is -0.393 e. The lowest BCUT2D eigenvalue weighted by Gasteiger charge is -2.42. The predicted molar refractivity (Wildman–Crippen MR) is 82.8 cm³/mol. The van der Waals surface area contributed by atoms with Gasteiger partial charge in [0.05, 0.1) is 11.5 Å². The third kappa shape index (κ3) is 3.29. The van der Waals surface area contributed by atoms with Gasteiger partial charge in [0, 0.05) is 6.04 Å². The lowest BCUT2D eigenvalue weighted by Crippen LogP contribution is -2.51. The molecule has 0 aromatic heterocycles. The summed E-state index contributed by atoms with van der Waals surface area (Å²) in [6.45, 7) is 0. The maximum absolute atomic E-state index is 12.7. The van der Waals surface area contributed by atoms with E-state index in [-0.39, 0.29) is 23.5 Å². The van der Waals surface area contributed by atoms with Crippen molar-refractivity contribution in [2.75, 3.05) is 0 Å². The Bertz CT molecular complexity index is 473. The molecule has 0 radical (unpaired) electrons. The molecule has 2 aliphatic carbocycles. The third-order valence-electron chi connectivity index (χ3n) is 5.21. The predicted octanol–water partition coefficient (Wildman–Crippen LogP) is 2.82. The second-order valence-corrected chi connectivity index (χ2v) is 6.78. The highest BCUT2D eigenvalue weighted by molar-refractivity contribution is 5.84. The Labute approximate surface area is 126 Å². The van der Waals surface area contributed by atoms with E-state index in [1.807, 2.05) is 18.2 Å². The van der Waals surface area contributed by atoms with Gasteiger partial charge in [-0.05, 0) is 50.5 Å². The van der Waals surface area contributed by atoms with Gasteiger partial charge in [-0.2, -0.15) is 0 Å². The highest BCUT2D eigenvalue weighted by atomic mass is 16.3. The molecule has 0 aliphatic heterocycles. The Morgan fingerprint density at radius 2 is 1.81 bits per heavy atom. The Morgan fingerprint density at radius 1 is 1.14 bits per heavy atom. The summed E-state index contributed by atoms with van der Waals surface area (Å²) in [4.78, 5) is 12.7. The molecule has 0 atom stereocenters. The molecule has 0 saturated heterocycles. The first-order chi connectivity index (χ1) is 10.2. The Hall–Kier alpha value is -1.35. The fraction of sp³-hybridized carbons (Fsp3) is 0.611. The molecule has 2 fully saturated rings. The summed E-state index contributed by atoms with van der Waals surface area (Å²) >= 11 is 0. The van der Waals surface area contributed by atoms with Gasteiger partial charge in [0.2, 0.25) is 5.91 Å². The van der Waals surface area contributed by atoms with Crippen LogP contribution in [0.2, 0.25) is 0 Å². The SMILES string of the molecule is O=C(NC1CCC(O)CC1)C1(Cc2ccccc2)CCC1. The van der Waals surface area contributed by atoms with Crippen molar-refractivity contribution in [1.82, 2.24) is 5.32 Å². The lowest BCUT2D eigenvalue weighted by atomic mass is 9.64. The number of aliphatic hydroxyl groups excluding tert-OH is 1. The first-order valence-corrected chi connectivity index (χ1v) is 8.21. The van der Waals surface area contributed by atoms with Crippen LogP contribution in [0.4, 0.5) is 0 Å². The van der Waals surface area contributed by atoms with E-state index < -0.39 is 0 Å². The van der Waals surface area contributed by atoms with Gasteiger partial charge in [-0.25, -0.2) is 0 Å². The molecule has 2 saturated carbocycles. The van der Waals surface area contributed by atoms with Crippen LogP contribution in [0.25, 0.3) is 0 Å². The fourth-order valence-electron chi connectivity index (χ4n) is 3.63. The van der Waals surface area contributed by atoms with Crippen LogP contribution >= 0.6 is 0 Å². The quantitative estimate of drug-likeness (QED) is 0.894. The van der Waals surface area contributed by atoms with E-state index >= 15 is 0 Å². The average molecular weight is 287 g/mol. The van der Waals surface area contributed by atoms with Crippen molar-refractivity contribution in [3.8, 4) is 0 Å². The molecule has 3 heteroatoms. The number of amides is 1. The molecule has 2 aliphatic rings. The third-order valence-corrected chi connectivity index (χ3v) is 5.21. The van der Waals surface area contributed by atoms with E-state index in [4.69, 9.17) is 0 Å². The zero-order chi connectivity index (χ0) is 14.7. The molecule has 2 N–H and O–H groups in total. The molecule has 0 spiro atoms. The molecule has 1 aromatic rings. The van der Waals surface area contributed by atoms with Crippen molar-refractivity contribution >= 4 is 5.91 Å². The zero-order valence-electron chi connectivity index (χ0n) is 12.6. The van der Waals surface area contributed by atoms with Gasteiger partial charge in [0.25, 0.3) is 0 Å². The molecule has 114 valence electrons. The number of carbonyl (C=O) groups is 1. The number of carbonyl (C=O) groups excluding carboxylic acids is 1. The molecule has 3 nitrogen and oxygen atoms in total. The summed E-state index contributed by atoms with van der Waals surface area (Å²) in [5.74, 6) is 0.235. The number of aliphatic hydroxyl groups is 1. The minimum atomic E-state index is -0.183. The van der Waals surface area contributed by atoms with Gasteiger partial charge in [0.1, 0.15) is 0 Å². The van der Waals surface area contributed by atoms with Crippen molar-refractivity contribution in [2.24, 2.45) is 5.41 Å². The minimum absolute atomic E-state index is 0.167. The second kappa shape index (κ2) is 6.18. The van der Waals surface area contributed by atoms with Crippen LogP contribution in [0.3, 0.4) is 0 Å². The highest BCUT2D eigenvalue weighted by Crippen LogP contribution is 2.44. The van der Waals surface area contributed by atoms with Crippen molar-refractivity contribution < 1.29 is 9.90 Å². The molecule has 21 heavy (non-hydrogen) atoms. The Balaban J connectivity index is 1.61. The summed E-state index contributed by atoms with van der Waals surface area (Å²) < 4.78 is 0. The smallest absolute Gasteiger partial charge is 0.226 e. The van der Waals surface area contributed by atoms with Crippen LogP contribution in [0, 0.1) is 5.41 Å². The van der Waals surface area contributed by atoms with E-state index in [2.05, 4.69) is 17.4 Å². The largest absolute Gasteiger partial charge is 0.393 e. The van der Waals surface area contributed by atoms with Gasteiger partial charge in [-0.1, -0.05) is 36.8 Å². The van der Waals surface area contributed by atoms with Crippen LogP contribution in [0.1, 0.15) is 50.5 Å². The summed E-state index contributed by atoms with van der Waals surface area (Å²) in [6.07, 6.45) is 7.31. The van der Waals surface area contributed by atoms with E-state index in [9.17, 15) is 9.90 Å². The second-order valence-electron chi connectivity index (χ2n) is 6.78. The standard InChI is InChI=1S/C18H25NO2/c20-16-9-7-15(8-10-16)19-17(21)18(11-4-12-18)13-14-5-2-1-3-6-14/h1-3,5-6,15-16,20H,4,7-13H2,(H,19,21). The van der Waals surface area contributed by atoms with Crippen LogP contribution in [0.5, 0.6) is 0 Å². The van der Waals surface area contributed by atoms with E-state index in [1.54, 1.807) is 0 Å². The molecule has 1 aromatic carbocycles. The van der Waals surface area contributed by atoms with Crippen LogP contribution in [0.15, 0.2) is 30.3 Å². The maximum Gasteiger partial charge on any atom is 0.226 e. The summed E-state index contributed by atoms with van der Waals surface area (Å²) in [7, 11) is 0. The van der Waals surface area contributed by atoms with Crippen LogP contribution < -0.4 is 5.32 Å². The first-order valence-electron chi connectivity index (χ1n) is 8.21. The number of hydrogen-bond donors (Lipinski definition) is 2. The van der Waals surface area contributed by atoms with Crippen LogP contribution in [-0.4, -0.2) is 23.2 Å². The summed E-state index contributed by atoms with van der Waals surface area (Å²) in [5.41, 5.74) is 1.07. The first kappa shape index (κ1) is 14.6. The molecule has 3 rings (SSSR count). The number of hydrogen-bond acceptors (Lipinski definition) is 2. The molecule has 0 bridgehead atoms. The lowest BCUT2D eigenvalue weighted by molar-refractivity contribution is -0.137. The van der Waals surface area contributed by atoms with Crippen molar-refractivity contribution in [1.29, 1.82) is 0 Å². The van der Waals surface area contributed by atoms with Crippen molar-refractivity contribution in [2.45, 2.75) is 63.5 Å². The van der Waals surface area contributed by atoms with Crippen molar-refractivity contribution in [3.63, 3.8) is 0 Å².